The Hall–Kier alpha value is -3.15. The summed E-state index contributed by atoms with van der Waals surface area (Å²) >= 11 is 0. The van der Waals surface area contributed by atoms with Crippen molar-refractivity contribution in [3.8, 4) is 0 Å². The average molecular weight is 378 g/mol. The summed E-state index contributed by atoms with van der Waals surface area (Å²) in [6.45, 7) is 6.16. The summed E-state index contributed by atoms with van der Waals surface area (Å²) in [6, 6.07) is 14.6. The van der Waals surface area contributed by atoms with Gasteiger partial charge in [0.15, 0.2) is 0 Å². The predicted molar refractivity (Wildman–Crippen MR) is 110 cm³/mol. The highest BCUT2D eigenvalue weighted by molar-refractivity contribution is 5.98. The second kappa shape index (κ2) is 8.69. The molecule has 0 radical (unpaired) electrons. The molecule has 1 aromatic heterocycles. The lowest BCUT2D eigenvalue weighted by Gasteiger charge is -2.22. The Labute approximate surface area is 164 Å². The number of imidazole rings is 1. The summed E-state index contributed by atoms with van der Waals surface area (Å²) in [4.78, 5) is 33.0. The van der Waals surface area contributed by atoms with Crippen LogP contribution < -0.4 is 10.6 Å². The van der Waals surface area contributed by atoms with E-state index in [2.05, 4.69) is 20.6 Å². The topological polar surface area (TPSA) is 86.9 Å². The standard InChI is InChI=1S/C22H26N4O2/c1-14(2)20(26-21(27)16-9-5-4-8-15(16)3)22(28)23-13-12-19-24-17-10-6-7-11-18(17)25-19/h4-11,14,20H,12-13H2,1-3H3,(H,23,28)(H,24,25)(H,26,27). The van der Waals surface area contributed by atoms with Gasteiger partial charge in [0.2, 0.25) is 5.91 Å². The van der Waals surface area contributed by atoms with Crippen LogP contribution in [0.1, 0.15) is 35.6 Å². The minimum absolute atomic E-state index is 0.0285. The molecule has 3 N–H and O–H groups in total. The van der Waals surface area contributed by atoms with Gasteiger partial charge in [-0.3, -0.25) is 9.59 Å². The number of hydrogen-bond acceptors (Lipinski definition) is 3. The molecule has 6 nitrogen and oxygen atoms in total. The average Bonchev–Trinajstić information content (AvgIpc) is 3.08. The summed E-state index contributed by atoms with van der Waals surface area (Å²) in [5.74, 6) is 0.378. The van der Waals surface area contributed by atoms with Gasteiger partial charge < -0.3 is 15.6 Å². The molecule has 6 heteroatoms. The van der Waals surface area contributed by atoms with E-state index < -0.39 is 6.04 Å². The van der Waals surface area contributed by atoms with Gasteiger partial charge in [0.05, 0.1) is 11.0 Å². The lowest BCUT2D eigenvalue weighted by molar-refractivity contribution is -0.123. The molecule has 0 saturated heterocycles. The highest BCUT2D eigenvalue weighted by atomic mass is 16.2. The van der Waals surface area contributed by atoms with Crippen LogP contribution in [0.5, 0.6) is 0 Å². The molecule has 0 saturated carbocycles. The van der Waals surface area contributed by atoms with E-state index in [4.69, 9.17) is 0 Å². The highest BCUT2D eigenvalue weighted by Crippen LogP contribution is 2.11. The maximum absolute atomic E-state index is 12.6. The van der Waals surface area contributed by atoms with Gasteiger partial charge in [0.25, 0.3) is 5.91 Å². The molecular weight excluding hydrogens is 352 g/mol. The van der Waals surface area contributed by atoms with Crippen molar-refractivity contribution in [2.45, 2.75) is 33.2 Å². The first-order valence-corrected chi connectivity index (χ1v) is 9.53. The van der Waals surface area contributed by atoms with Crippen LogP contribution in [0.4, 0.5) is 0 Å². The van der Waals surface area contributed by atoms with E-state index in [1.54, 1.807) is 6.07 Å². The number of nitrogens with one attached hydrogen (secondary N) is 3. The summed E-state index contributed by atoms with van der Waals surface area (Å²) in [6.07, 6.45) is 0.594. The van der Waals surface area contributed by atoms with Crippen LogP contribution in [0.25, 0.3) is 11.0 Å². The number of carbonyl (C=O) groups is 2. The zero-order valence-electron chi connectivity index (χ0n) is 16.5. The van der Waals surface area contributed by atoms with Crippen molar-refractivity contribution in [2.75, 3.05) is 6.54 Å². The molecule has 3 aromatic rings. The number of nitrogens with zero attached hydrogens (tertiary/aromatic N) is 1. The summed E-state index contributed by atoms with van der Waals surface area (Å²) in [5.41, 5.74) is 3.36. The first-order chi connectivity index (χ1) is 13.5. The Bertz CT molecular complexity index is 944. The number of aryl methyl sites for hydroxylation is 1. The Balaban J connectivity index is 1.58. The first kappa shape index (κ1) is 19.6. The molecule has 0 aliphatic rings. The van der Waals surface area contributed by atoms with Gasteiger partial charge in [-0.2, -0.15) is 0 Å². The van der Waals surface area contributed by atoms with Crippen molar-refractivity contribution in [3.63, 3.8) is 0 Å². The highest BCUT2D eigenvalue weighted by Gasteiger charge is 2.24. The zero-order chi connectivity index (χ0) is 20.1. The molecule has 1 unspecified atom stereocenters. The van der Waals surface area contributed by atoms with Crippen molar-refractivity contribution in [1.29, 1.82) is 0 Å². The second-order valence-corrected chi connectivity index (χ2v) is 7.25. The summed E-state index contributed by atoms with van der Waals surface area (Å²) in [5, 5.41) is 5.78. The molecule has 0 aliphatic heterocycles. The molecule has 1 heterocycles. The van der Waals surface area contributed by atoms with E-state index in [1.807, 2.05) is 63.2 Å². The second-order valence-electron chi connectivity index (χ2n) is 7.25. The number of amides is 2. The number of carbonyl (C=O) groups excluding carboxylic acids is 2. The molecular formula is C22H26N4O2. The number of aromatic amines is 1. The molecule has 0 bridgehead atoms. The molecule has 2 aromatic carbocycles. The third kappa shape index (κ3) is 4.57. The van der Waals surface area contributed by atoms with Gasteiger partial charge in [-0.1, -0.05) is 44.2 Å². The fourth-order valence-electron chi connectivity index (χ4n) is 3.12. The Morgan fingerprint density at radius 3 is 2.50 bits per heavy atom. The molecule has 28 heavy (non-hydrogen) atoms. The maximum atomic E-state index is 12.6. The van der Waals surface area contributed by atoms with Crippen LogP contribution in [-0.4, -0.2) is 34.4 Å². The number of rotatable bonds is 7. The molecule has 1 atom stereocenters. The normalized spacial score (nSPS) is 12.1. The fraction of sp³-hybridized carbons (Fsp3) is 0.318. The van der Waals surface area contributed by atoms with Gasteiger partial charge in [-0.25, -0.2) is 4.98 Å². The van der Waals surface area contributed by atoms with E-state index in [-0.39, 0.29) is 17.7 Å². The number of fused-ring (bicyclic) bond motifs is 1. The van der Waals surface area contributed by atoms with E-state index in [0.29, 0.717) is 18.5 Å². The Kier molecular flexibility index (Phi) is 6.09. The molecule has 0 aliphatic carbocycles. The van der Waals surface area contributed by atoms with Crippen molar-refractivity contribution >= 4 is 22.8 Å². The number of aromatic nitrogens is 2. The Morgan fingerprint density at radius 1 is 1.07 bits per heavy atom. The number of hydrogen-bond donors (Lipinski definition) is 3. The van der Waals surface area contributed by atoms with Gasteiger partial charge in [-0.15, -0.1) is 0 Å². The van der Waals surface area contributed by atoms with E-state index >= 15 is 0 Å². The van der Waals surface area contributed by atoms with Crippen LogP contribution in [-0.2, 0) is 11.2 Å². The van der Waals surface area contributed by atoms with Gasteiger partial charge in [0.1, 0.15) is 11.9 Å². The van der Waals surface area contributed by atoms with E-state index in [9.17, 15) is 9.59 Å². The van der Waals surface area contributed by atoms with E-state index in [1.165, 1.54) is 0 Å². The zero-order valence-corrected chi connectivity index (χ0v) is 16.5. The number of para-hydroxylation sites is 2. The lowest BCUT2D eigenvalue weighted by Crippen LogP contribution is -2.50. The van der Waals surface area contributed by atoms with Crippen LogP contribution in [0.15, 0.2) is 48.5 Å². The number of H-pyrrole nitrogens is 1. The maximum Gasteiger partial charge on any atom is 0.252 e. The van der Waals surface area contributed by atoms with Crippen molar-refractivity contribution in [3.05, 3.63) is 65.5 Å². The minimum atomic E-state index is -0.595. The molecule has 146 valence electrons. The summed E-state index contributed by atoms with van der Waals surface area (Å²) in [7, 11) is 0. The van der Waals surface area contributed by atoms with Gasteiger partial charge in [0, 0.05) is 18.5 Å². The van der Waals surface area contributed by atoms with Crippen molar-refractivity contribution < 1.29 is 9.59 Å². The predicted octanol–water partition coefficient (Wildman–Crippen LogP) is 2.98. The molecule has 0 fully saturated rings. The van der Waals surface area contributed by atoms with E-state index in [0.717, 1.165) is 22.4 Å². The molecule has 3 rings (SSSR count). The fourth-order valence-corrected chi connectivity index (χ4v) is 3.12. The largest absolute Gasteiger partial charge is 0.354 e. The first-order valence-electron chi connectivity index (χ1n) is 9.53. The smallest absolute Gasteiger partial charge is 0.252 e. The number of benzene rings is 2. The monoisotopic (exact) mass is 378 g/mol. The quantitative estimate of drug-likeness (QED) is 0.591. The lowest BCUT2D eigenvalue weighted by atomic mass is 10.0. The molecule has 2 amide bonds. The van der Waals surface area contributed by atoms with Crippen molar-refractivity contribution in [2.24, 2.45) is 5.92 Å². The SMILES string of the molecule is Cc1ccccc1C(=O)NC(C(=O)NCCc1nc2ccccc2[nH]1)C(C)C. The summed E-state index contributed by atoms with van der Waals surface area (Å²) < 4.78 is 0. The minimum Gasteiger partial charge on any atom is -0.354 e. The third-order valence-electron chi connectivity index (χ3n) is 4.72. The molecule has 0 spiro atoms. The Morgan fingerprint density at radius 2 is 1.79 bits per heavy atom. The van der Waals surface area contributed by atoms with Crippen LogP contribution in [0.3, 0.4) is 0 Å². The third-order valence-corrected chi connectivity index (χ3v) is 4.72. The van der Waals surface area contributed by atoms with Gasteiger partial charge in [-0.05, 0) is 36.6 Å². The van der Waals surface area contributed by atoms with Crippen molar-refractivity contribution in [1.82, 2.24) is 20.6 Å². The van der Waals surface area contributed by atoms with Crippen LogP contribution >= 0.6 is 0 Å². The van der Waals surface area contributed by atoms with Gasteiger partial charge >= 0.3 is 0 Å². The van der Waals surface area contributed by atoms with Crippen LogP contribution in [0.2, 0.25) is 0 Å². The van der Waals surface area contributed by atoms with Crippen LogP contribution in [0, 0.1) is 12.8 Å².